The van der Waals surface area contributed by atoms with Gasteiger partial charge in [-0.1, -0.05) is 13.8 Å². The molecule has 36 heavy (non-hydrogen) atoms. The fourth-order valence-corrected chi connectivity index (χ4v) is 5.23. The number of benzene rings is 1. The van der Waals surface area contributed by atoms with Crippen molar-refractivity contribution in [3.05, 3.63) is 53.6 Å². The number of nitrogens with zero attached hydrogens (tertiary/aromatic N) is 2. The third-order valence-electron chi connectivity index (χ3n) is 7.15. The van der Waals surface area contributed by atoms with E-state index in [1.807, 2.05) is 31.7 Å². The highest BCUT2D eigenvalue weighted by Gasteiger charge is 2.50. The van der Waals surface area contributed by atoms with Crippen LogP contribution in [0.2, 0.25) is 0 Å². The Morgan fingerprint density at radius 2 is 1.92 bits per heavy atom. The number of carbonyl (C=O) groups excluding carboxylic acids is 2. The molecule has 0 saturated heterocycles. The van der Waals surface area contributed by atoms with Crippen molar-refractivity contribution >= 4 is 12.0 Å². The number of amides is 2. The minimum atomic E-state index is -0.567. The number of carbonyl (C=O) groups is 2. The molecule has 2 heterocycles. The van der Waals surface area contributed by atoms with Crippen molar-refractivity contribution < 1.29 is 23.5 Å². The monoisotopic (exact) mass is 497 g/mol. The summed E-state index contributed by atoms with van der Waals surface area (Å²) >= 11 is 0. The highest BCUT2D eigenvalue weighted by molar-refractivity contribution is 5.84. The molecule has 1 fully saturated rings. The van der Waals surface area contributed by atoms with E-state index in [0.29, 0.717) is 37.4 Å². The van der Waals surface area contributed by atoms with Gasteiger partial charge in [0, 0.05) is 31.2 Å². The van der Waals surface area contributed by atoms with E-state index in [1.54, 1.807) is 18.3 Å². The number of pyridine rings is 1. The van der Waals surface area contributed by atoms with E-state index in [9.17, 15) is 14.0 Å². The van der Waals surface area contributed by atoms with Crippen LogP contribution in [0, 0.1) is 17.2 Å². The van der Waals surface area contributed by atoms with Gasteiger partial charge in [-0.3, -0.25) is 9.78 Å². The van der Waals surface area contributed by atoms with Crippen LogP contribution < -0.4 is 10.1 Å². The predicted octanol–water partition coefficient (Wildman–Crippen LogP) is 5.62. The SMILES string of the molecule is CC(C)[C@]1(C(=O)N2CCc3ncc(Oc4ccc(F)cc4)cc3C2)CC[C@@H](NC(=O)OC(C)(C)C)C1. The number of ether oxygens (including phenoxy) is 2. The molecule has 0 spiro atoms. The van der Waals surface area contributed by atoms with E-state index in [-0.39, 0.29) is 23.7 Å². The fraction of sp³-hybridized carbons (Fsp3) is 0.536. The smallest absolute Gasteiger partial charge is 0.407 e. The van der Waals surface area contributed by atoms with Gasteiger partial charge in [0.05, 0.1) is 11.6 Å². The maximum Gasteiger partial charge on any atom is 0.407 e. The second-order valence-electron chi connectivity index (χ2n) is 11.2. The number of halogens is 1. The summed E-state index contributed by atoms with van der Waals surface area (Å²) in [5.41, 5.74) is 0.809. The molecule has 1 aliphatic heterocycles. The first kappa shape index (κ1) is 25.9. The van der Waals surface area contributed by atoms with E-state index in [0.717, 1.165) is 24.1 Å². The Balaban J connectivity index is 1.45. The summed E-state index contributed by atoms with van der Waals surface area (Å²) < 4.78 is 24.5. The average molecular weight is 498 g/mol. The molecular formula is C28H36FN3O4. The van der Waals surface area contributed by atoms with Crippen molar-refractivity contribution in [1.82, 2.24) is 15.2 Å². The molecule has 0 bridgehead atoms. The van der Waals surface area contributed by atoms with E-state index in [2.05, 4.69) is 24.1 Å². The second kappa shape index (κ2) is 10.1. The molecule has 4 rings (SSSR count). The zero-order valence-electron chi connectivity index (χ0n) is 21.8. The molecule has 1 aliphatic carbocycles. The highest BCUT2D eigenvalue weighted by Crippen LogP contribution is 2.46. The molecule has 0 radical (unpaired) electrons. The molecule has 194 valence electrons. The lowest BCUT2D eigenvalue weighted by molar-refractivity contribution is -0.145. The van der Waals surface area contributed by atoms with E-state index < -0.39 is 17.1 Å². The van der Waals surface area contributed by atoms with Gasteiger partial charge in [0.1, 0.15) is 22.9 Å². The Bertz CT molecular complexity index is 1110. The first-order valence-corrected chi connectivity index (χ1v) is 12.7. The molecule has 7 nitrogen and oxygen atoms in total. The fourth-order valence-electron chi connectivity index (χ4n) is 5.23. The number of alkyl carbamates (subject to hydrolysis) is 1. The number of rotatable bonds is 5. The van der Waals surface area contributed by atoms with Crippen molar-refractivity contribution in [2.75, 3.05) is 6.54 Å². The Morgan fingerprint density at radius 1 is 1.19 bits per heavy atom. The lowest BCUT2D eigenvalue weighted by atomic mass is 9.74. The zero-order chi connectivity index (χ0) is 26.1. The predicted molar refractivity (Wildman–Crippen MR) is 134 cm³/mol. The normalized spacial score (nSPS) is 21.8. The summed E-state index contributed by atoms with van der Waals surface area (Å²) in [5, 5.41) is 2.97. The largest absolute Gasteiger partial charge is 0.456 e. The van der Waals surface area contributed by atoms with Gasteiger partial charge in [0.25, 0.3) is 0 Å². The summed E-state index contributed by atoms with van der Waals surface area (Å²) in [6.45, 7) is 10.7. The molecule has 8 heteroatoms. The molecule has 2 atom stereocenters. The first-order valence-electron chi connectivity index (χ1n) is 12.7. The topological polar surface area (TPSA) is 80.8 Å². The molecule has 1 saturated carbocycles. The molecular weight excluding hydrogens is 461 g/mol. The molecule has 1 aromatic heterocycles. The van der Waals surface area contributed by atoms with Gasteiger partial charge in [-0.05, 0) is 81.8 Å². The summed E-state index contributed by atoms with van der Waals surface area (Å²) in [7, 11) is 0. The van der Waals surface area contributed by atoms with Crippen molar-refractivity contribution in [2.45, 2.75) is 78.5 Å². The number of fused-ring (bicyclic) bond motifs is 1. The summed E-state index contributed by atoms with van der Waals surface area (Å²) in [6, 6.07) is 7.64. The molecule has 0 unspecified atom stereocenters. The van der Waals surface area contributed by atoms with Crippen molar-refractivity contribution in [3.8, 4) is 11.5 Å². The van der Waals surface area contributed by atoms with Crippen molar-refractivity contribution in [2.24, 2.45) is 11.3 Å². The quantitative estimate of drug-likeness (QED) is 0.580. The summed E-state index contributed by atoms with van der Waals surface area (Å²) in [5.74, 6) is 1.00. The van der Waals surface area contributed by atoms with Crippen LogP contribution in [0.25, 0.3) is 0 Å². The average Bonchev–Trinajstić information content (AvgIpc) is 3.23. The number of nitrogens with one attached hydrogen (secondary N) is 1. The van der Waals surface area contributed by atoms with E-state index in [1.165, 1.54) is 12.1 Å². The lowest BCUT2D eigenvalue weighted by Crippen LogP contribution is -2.48. The summed E-state index contributed by atoms with van der Waals surface area (Å²) in [6.07, 6.45) is 3.96. The molecule has 1 N–H and O–H groups in total. The van der Waals surface area contributed by atoms with Crippen LogP contribution in [-0.4, -0.2) is 40.1 Å². The van der Waals surface area contributed by atoms with Crippen LogP contribution in [-0.2, 0) is 22.5 Å². The highest BCUT2D eigenvalue weighted by atomic mass is 19.1. The summed E-state index contributed by atoms with van der Waals surface area (Å²) in [4.78, 5) is 32.7. The van der Waals surface area contributed by atoms with Gasteiger partial charge in [0.15, 0.2) is 0 Å². The zero-order valence-corrected chi connectivity index (χ0v) is 21.8. The van der Waals surface area contributed by atoms with Crippen LogP contribution in [0.15, 0.2) is 36.5 Å². The Morgan fingerprint density at radius 3 is 2.58 bits per heavy atom. The van der Waals surface area contributed by atoms with Gasteiger partial charge in [0.2, 0.25) is 5.91 Å². The van der Waals surface area contributed by atoms with Gasteiger partial charge < -0.3 is 19.7 Å². The standard InChI is InChI=1S/C28H36FN3O4/c1-18(2)28(12-10-21(15-28)31-26(34)36-27(3,4)5)25(33)32-13-11-24-19(17-32)14-23(16-30-24)35-22-8-6-20(29)7-9-22/h6-9,14,16,18,21H,10-13,15,17H2,1-5H3,(H,31,34)/t21-,28+/m1/s1. The Labute approximate surface area is 212 Å². The third-order valence-corrected chi connectivity index (χ3v) is 7.15. The molecule has 2 amide bonds. The van der Waals surface area contributed by atoms with E-state index in [4.69, 9.17) is 9.47 Å². The van der Waals surface area contributed by atoms with Crippen LogP contribution >= 0.6 is 0 Å². The molecule has 2 aromatic rings. The Kier molecular flexibility index (Phi) is 7.25. The number of hydrogen-bond acceptors (Lipinski definition) is 5. The van der Waals surface area contributed by atoms with E-state index >= 15 is 0 Å². The maximum absolute atomic E-state index is 13.9. The van der Waals surface area contributed by atoms with Crippen LogP contribution in [0.4, 0.5) is 9.18 Å². The van der Waals surface area contributed by atoms with Gasteiger partial charge in [-0.15, -0.1) is 0 Å². The van der Waals surface area contributed by atoms with Crippen molar-refractivity contribution in [1.29, 1.82) is 0 Å². The molecule has 1 aromatic carbocycles. The number of hydrogen-bond donors (Lipinski definition) is 1. The minimum absolute atomic E-state index is 0.0966. The first-order chi connectivity index (χ1) is 16.9. The van der Waals surface area contributed by atoms with Gasteiger partial charge in [-0.2, -0.15) is 0 Å². The minimum Gasteiger partial charge on any atom is -0.456 e. The number of aromatic nitrogens is 1. The van der Waals surface area contributed by atoms with Crippen molar-refractivity contribution in [3.63, 3.8) is 0 Å². The third kappa shape index (κ3) is 5.79. The second-order valence-corrected chi connectivity index (χ2v) is 11.2. The Hall–Kier alpha value is -3.16. The lowest BCUT2D eigenvalue weighted by Gasteiger charge is -2.39. The maximum atomic E-state index is 13.9. The molecule has 2 aliphatic rings. The van der Waals surface area contributed by atoms with Crippen LogP contribution in [0.1, 0.15) is 65.1 Å². The van der Waals surface area contributed by atoms with Gasteiger partial charge >= 0.3 is 6.09 Å². The van der Waals surface area contributed by atoms with Crippen LogP contribution in [0.3, 0.4) is 0 Å². The van der Waals surface area contributed by atoms with Gasteiger partial charge in [-0.25, -0.2) is 9.18 Å². The van der Waals surface area contributed by atoms with Crippen LogP contribution in [0.5, 0.6) is 11.5 Å².